The average Bonchev–Trinajstić information content (AvgIpc) is 1.92. The molecule has 0 radical (unpaired) electrons. The first-order valence-corrected chi connectivity index (χ1v) is 3.97. The van der Waals surface area contributed by atoms with Crippen LogP contribution in [0.4, 0.5) is 18.9 Å². The second-order valence-corrected chi connectivity index (χ2v) is 3.25. The van der Waals surface area contributed by atoms with Gasteiger partial charge in [0.25, 0.3) is 0 Å². The molecule has 0 fully saturated rings. The highest BCUT2D eigenvalue weighted by molar-refractivity contribution is 14.1. The lowest BCUT2D eigenvalue weighted by molar-refractivity contribution is -0.141. The lowest BCUT2D eigenvalue weighted by atomic mass is 10.3. The Bertz CT molecular complexity index is 297. The smallest absolute Gasteiger partial charge is 0.397 e. The van der Waals surface area contributed by atoms with Gasteiger partial charge in [0.1, 0.15) is 5.69 Å². The Morgan fingerprint density at radius 2 is 2.00 bits per heavy atom. The zero-order valence-corrected chi connectivity index (χ0v) is 7.85. The summed E-state index contributed by atoms with van der Waals surface area (Å²) in [5.41, 5.74) is 4.63. The standard InChI is InChI=1S/C6H4F3IN2/c7-6(8,9)5-1-3(10)4(11)2-12-5/h1-2H,11H2. The summed E-state index contributed by atoms with van der Waals surface area (Å²) in [5, 5.41) is 0. The number of nitrogens with two attached hydrogens (primary N) is 1. The van der Waals surface area contributed by atoms with Crippen molar-refractivity contribution in [3.05, 3.63) is 21.5 Å². The molecule has 0 aromatic carbocycles. The van der Waals surface area contributed by atoms with Crippen LogP contribution in [-0.2, 0) is 6.18 Å². The first kappa shape index (κ1) is 9.56. The molecular formula is C6H4F3IN2. The van der Waals surface area contributed by atoms with Gasteiger partial charge in [0.05, 0.1) is 11.9 Å². The highest BCUT2D eigenvalue weighted by Gasteiger charge is 2.32. The predicted molar refractivity (Wildman–Crippen MR) is 46.4 cm³/mol. The highest BCUT2D eigenvalue weighted by atomic mass is 127. The summed E-state index contributed by atoms with van der Waals surface area (Å²) in [6.07, 6.45) is -3.39. The van der Waals surface area contributed by atoms with Crippen LogP contribution in [0.2, 0.25) is 0 Å². The van der Waals surface area contributed by atoms with Gasteiger partial charge in [-0.2, -0.15) is 13.2 Å². The third kappa shape index (κ3) is 1.99. The Morgan fingerprint density at radius 1 is 1.42 bits per heavy atom. The van der Waals surface area contributed by atoms with E-state index in [0.717, 1.165) is 12.3 Å². The number of pyridine rings is 1. The van der Waals surface area contributed by atoms with Gasteiger partial charge in [-0.1, -0.05) is 0 Å². The number of nitrogen functional groups attached to an aromatic ring is 1. The minimum absolute atomic E-state index is 0.253. The van der Waals surface area contributed by atoms with Gasteiger partial charge in [-0.15, -0.1) is 0 Å². The zero-order chi connectivity index (χ0) is 9.35. The molecule has 0 bridgehead atoms. The van der Waals surface area contributed by atoms with Crippen LogP contribution in [0.5, 0.6) is 0 Å². The molecule has 1 heterocycles. The van der Waals surface area contributed by atoms with Crippen LogP contribution in [-0.4, -0.2) is 4.98 Å². The fourth-order valence-corrected chi connectivity index (χ4v) is 1.03. The summed E-state index contributed by atoms with van der Waals surface area (Å²) in [4.78, 5) is 3.16. The molecule has 0 amide bonds. The van der Waals surface area contributed by atoms with Crippen molar-refractivity contribution in [2.24, 2.45) is 0 Å². The van der Waals surface area contributed by atoms with E-state index >= 15 is 0 Å². The molecule has 0 aliphatic heterocycles. The van der Waals surface area contributed by atoms with Crippen molar-refractivity contribution < 1.29 is 13.2 Å². The van der Waals surface area contributed by atoms with Crippen LogP contribution in [0.15, 0.2) is 12.3 Å². The molecule has 0 aliphatic carbocycles. The summed E-state index contributed by atoms with van der Waals surface area (Å²) in [7, 11) is 0. The summed E-state index contributed by atoms with van der Waals surface area (Å²) in [6, 6.07) is 0.913. The van der Waals surface area contributed by atoms with E-state index in [-0.39, 0.29) is 5.69 Å². The fraction of sp³-hybridized carbons (Fsp3) is 0.167. The van der Waals surface area contributed by atoms with Gasteiger partial charge >= 0.3 is 6.18 Å². The zero-order valence-electron chi connectivity index (χ0n) is 5.69. The molecule has 6 heteroatoms. The Balaban J connectivity index is 3.14. The van der Waals surface area contributed by atoms with Crippen molar-refractivity contribution in [3.63, 3.8) is 0 Å². The minimum Gasteiger partial charge on any atom is -0.397 e. The fourth-order valence-electron chi connectivity index (χ4n) is 0.596. The molecule has 66 valence electrons. The highest BCUT2D eigenvalue weighted by Crippen LogP contribution is 2.29. The van der Waals surface area contributed by atoms with E-state index in [1.165, 1.54) is 0 Å². The van der Waals surface area contributed by atoms with Gasteiger partial charge in [-0.25, -0.2) is 4.98 Å². The molecule has 12 heavy (non-hydrogen) atoms. The summed E-state index contributed by atoms with van der Waals surface area (Å²) >= 11 is 1.72. The van der Waals surface area contributed by atoms with E-state index in [1.807, 2.05) is 0 Å². The topological polar surface area (TPSA) is 38.9 Å². The van der Waals surface area contributed by atoms with E-state index in [0.29, 0.717) is 3.57 Å². The van der Waals surface area contributed by atoms with Gasteiger partial charge in [0.15, 0.2) is 0 Å². The van der Waals surface area contributed by atoms with Crippen molar-refractivity contribution in [3.8, 4) is 0 Å². The van der Waals surface area contributed by atoms with Crippen LogP contribution in [0, 0.1) is 3.57 Å². The van der Waals surface area contributed by atoms with Crippen molar-refractivity contribution in [2.45, 2.75) is 6.18 Å². The predicted octanol–water partition coefficient (Wildman–Crippen LogP) is 2.29. The molecule has 1 rings (SSSR count). The van der Waals surface area contributed by atoms with Gasteiger partial charge in [0.2, 0.25) is 0 Å². The summed E-state index contributed by atoms with van der Waals surface area (Å²) < 4.78 is 36.3. The SMILES string of the molecule is Nc1cnc(C(F)(F)F)cc1I. The maximum Gasteiger partial charge on any atom is 0.433 e. The first-order valence-electron chi connectivity index (χ1n) is 2.89. The van der Waals surface area contributed by atoms with Crippen LogP contribution in [0.1, 0.15) is 5.69 Å². The van der Waals surface area contributed by atoms with E-state index < -0.39 is 11.9 Å². The number of alkyl halides is 3. The molecule has 0 atom stereocenters. The van der Waals surface area contributed by atoms with Crippen molar-refractivity contribution >= 4 is 28.3 Å². The van der Waals surface area contributed by atoms with Gasteiger partial charge in [0, 0.05) is 3.57 Å². The Hall–Kier alpha value is -0.530. The normalized spacial score (nSPS) is 11.7. The third-order valence-electron chi connectivity index (χ3n) is 1.17. The van der Waals surface area contributed by atoms with Gasteiger partial charge in [-0.05, 0) is 28.7 Å². The Labute approximate surface area is 80.1 Å². The maximum absolute atomic E-state index is 12.0. The lowest BCUT2D eigenvalue weighted by Crippen LogP contribution is -2.08. The quantitative estimate of drug-likeness (QED) is 0.744. The van der Waals surface area contributed by atoms with E-state index in [4.69, 9.17) is 5.73 Å². The largest absolute Gasteiger partial charge is 0.433 e. The molecule has 0 saturated heterocycles. The molecule has 0 saturated carbocycles. The Morgan fingerprint density at radius 3 is 2.42 bits per heavy atom. The monoisotopic (exact) mass is 288 g/mol. The number of hydrogen-bond acceptors (Lipinski definition) is 2. The summed E-state index contributed by atoms with van der Waals surface area (Å²) in [5.74, 6) is 0. The molecular weight excluding hydrogens is 284 g/mol. The van der Waals surface area contributed by atoms with Gasteiger partial charge < -0.3 is 5.73 Å². The molecule has 1 aromatic heterocycles. The number of halogens is 4. The van der Waals surface area contributed by atoms with Crippen LogP contribution in [0.25, 0.3) is 0 Å². The number of aromatic nitrogens is 1. The van der Waals surface area contributed by atoms with Crippen LogP contribution >= 0.6 is 22.6 Å². The van der Waals surface area contributed by atoms with E-state index in [9.17, 15) is 13.2 Å². The second-order valence-electron chi connectivity index (χ2n) is 2.09. The molecule has 2 nitrogen and oxygen atoms in total. The number of hydrogen-bond donors (Lipinski definition) is 1. The maximum atomic E-state index is 12.0. The summed E-state index contributed by atoms with van der Waals surface area (Å²) in [6.45, 7) is 0. The lowest BCUT2D eigenvalue weighted by Gasteiger charge is -2.06. The molecule has 0 aliphatic rings. The number of rotatable bonds is 0. The minimum atomic E-state index is -4.40. The second kappa shape index (κ2) is 3.08. The molecule has 1 aromatic rings. The average molecular weight is 288 g/mol. The van der Waals surface area contributed by atoms with Crippen LogP contribution in [0.3, 0.4) is 0 Å². The van der Waals surface area contributed by atoms with E-state index in [2.05, 4.69) is 4.98 Å². The number of nitrogens with zero attached hydrogens (tertiary/aromatic N) is 1. The number of anilines is 1. The molecule has 0 unspecified atom stereocenters. The van der Waals surface area contributed by atoms with Crippen molar-refractivity contribution in [1.82, 2.24) is 4.98 Å². The molecule has 0 spiro atoms. The molecule has 2 N–H and O–H groups in total. The first-order chi connectivity index (χ1) is 5.41. The van der Waals surface area contributed by atoms with Crippen molar-refractivity contribution in [2.75, 3.05) is 5.73 Å². The van der Waals surface area contributed by atoms with Crippen molar-refractivity contribution in [1.29, 1.82) is 0 Å². The van der Waals surface area contributed by atoms with Crippen LogP contribution < -0.4 is 5.73 Å². The Kier molecular flexibility index (Phi) is 2.45. The van der Waals surface area contributed by atoms with Gasteiger partial charge in [-0.3, -0.25) is 0 Å². The third-order valence-corrected chi connectivity index (χ3v) is 2.11. The van der Waals surface area contributed by atoms with E-state index in [1.54, 1.807) is 22.6 Å².